The summed E-state index contributed by atoms with van der Waals surface area (Å²) >= 11 is 0. The normalized spacial score (nSPS) is 28.2. The molecule has 0 aromatic heterocycles. The smallest absolute Gasteiger partial charge is 0.326 e. The summed E-state index contributed by atoms with van der Waals surface area (Å²) in [5.74, 6) is -1.04. The van der Waals surface area contributed by atoms with Crippen LogP contribution in [0.3, 0.4) is 0 Å². The molecule has 1 heterocycles. The van der Waals surface area contributed by atoms with Crippen LogP contribution in [0.2, 0.25) is 0 Å². The van der Waals surface area contributed by atoms with E-state index in [1.165, 1.54) is 4.90 Å². The molecule has 17 heavy (non-hydrogen) atoms. The van der Waals surface area contributed by atoms with E-state index < -0.39 is 18.1 Å². The van der Waals surface area contributed by atoms with Crippen LogP contribution in [-0.2, 0) is 4.79 Å². The fourth-order valence-electron chi connectivity index (χ4n) is 2.36. The lowest BCUT2D eigenvalue weighted by atomic mass is 10.2. The number of carboxylic acid groups (broad SMARTS) is 1. The minimum absolute atomic E-state index is 0.124. The van der Waals surface area contributed by atoms with E-state index in [0.29, 0.717) is 6.54 Å². The third-order valence-corrected chi connectivity index (χ3v) is 3.38. The van der Waals surface area contributed by atoms with Gasteiger partial charge in [0.2, 0.25) is 0 Å². The Morgan fingerprint density at radius 3 is 2.53 bits per heavy atom. The summed E-state index contributed by atoms with van der Waals surface area (Å²) in [6.07, 6.45) is 1.39. The molecule has 2 fully saturated rings. The van der Waals surface area contributed by atoms with Gasteiger partial charge in [0, 0.05) is 25.6 Å². The molecular formula is C11H18N2O4. The van der Waals surface area contributed by atoms with E-state index in [0.717, 1.165) is 12.8 Å². The van der Waals surface area contributed by atoms with Crippen molar-refractivity contribution in [2.24, 2.45) is 0 Å². The molecule has 2 amide bonds. The Bertz CT molecular complexity index is 329. The summed E-state index contributed by atoms with van der Waals surface area (Å²) in [5.41, 5.74) is 0. The number of hydrogen-bond donors (Lipinski definition) is 2. The summed E-state index contributed by atoms with van der Waals surface area (Å²) in [6.45, 7) is 2.60. The molecule has 2 aliphatic rings. The van der Waals surface area contributed by atoms with E-state index in [-0.39, 0.29) is 25.0 Å². The van der Waals surface area contributed by atoms with Gasteiger partial charge in [-0.25, -0.2) is 9.59 Å². The topological polar surface area (TPSA) is 81.1 Å². The number of aliphatic hydroxyl groups is 1. The van der Waals surface area contributed by atoms with Crippen LogP contribution in [0, 0.1) is 0 Å². The Hall–Kier alpha value is -1.30. The Labute approximate surface area is 99.8 Å². The van der Waals surface area contributed by atoms with Crippen molar-refractivity contribution >= 4 is 12.0 Å². The SMILES string of the molecule is CCN(C(=O)N1C[C@H](O)C[C@H]1C(=O)O)C1CC1. The average Bonchev–Trinajstić information content (AvgIpc) is 3.01. The molecule has 2 N–H and O–H groups in total. The van der Waals surface area contributed by atoms with E-state index in [4.69, 9.17) is 5.11 Å². The van der Waals surface area contributed by atoms with Gasteiger partial charge in [-0.1, -0.05) is 0 Å². The van der Waals surface area contributed by atoms with E-state index >= 15 is 0 Å². The molecule has 0 aromatic carbocycles. The highest BCUT2D eigenvalue weighted by Gasteiger charge is 2.43. The van der Waals surface area contributed by atoms with Crippen LogP contribution in [-0.4, -0.2) is 63.3 Å². The number of amides is 2. The standard InChI is InChI=1S/C11H18N2O4/c1-2-12(7-3-4-7)11(17)13-6-8(14)5-9(13)10(15)16/h7-9,14H,2-6H2,1H3,(H,15,16)/t8-,9+/m1/s1. The van der Waals surface area contributed by atoms with Crippen molar-refractivity contribution in [3.63, 3.8) is 0 Å². The van der Waals surface area contributed by atoms with Gasteiger partial charge in [0.25, 0.3) is 0 Å². The second-order valence-corrected chi connectivity index (χ2v) is 4.70. The molecule has 1 saturated carbocycles. The minimum atomic E-state index is -1.04. The van der Waals surface area contributed by atoms with Crippen LogP contribution < -0.4 is 0 Å². The maximum Gasteiger partial charge on any atom is 0.326 e. The van der Waals surface area contributed by atoms with Crippen LogP contribution >= 0.6 is 0 Å². The van der Waals surface area contributed by atoms with E-state index in [1.54, 1.807) is 4.90 Å². The number of carbonyl (C=O) groups is 2. The molecule has 1 aliphatic carbocycles. The number of rotatable bonds is 3. The highest BCUT2D eigenvalue weighted by atomic mass is 16.4. The van der Waals surface area contributed by atoms with Crippen molar-refractivity contribution in [1.82, 2.24) is 9.80 Å². The molecule has 1 aliphatic heterocycles. The number of carboxylic acids is 1. The van der Waals surface area contributed by atoms with Gasteiger partial charge in [0.15, 0.2) is 0 Å². The zero-order valence-electron chi connectivity index (χ0n) is 9.87. The first-order valence-corrected chi connectivity index (χ1v) is 6.02. The zero-order valence-corrected chi connectivity index (χ0v) is 9.87. The maximum absolute atomic E-state index is 12.2. The lowest BCUT2D eigenvalue weighted by molar-refractivity contribution is -0.141. The van der Waals surface area contributed by atoms with Crippen LogP contribution in [0.25, 0.3) is 0 Å². The van der Waals surface area contributed by atoms with Gasteiger partial charge in [-0.05, 0) is 19.8 Å². The lowest BCUT2D eigenvalue weighted by Crippen LogP contribution is -2.48. The van der Waals surface area contributed by atoms with Gasteiger partial charge < -0.3 is 20.0 Å². The molecule has 6 heteroatoms. The molecule has 0 spiro atoms. The first-order valence-electron chi connectivity index (χ1n) is 6.02. The first kappa shape index (κ1) is 12.2. The van der Waals surface area contributed by atoms with Crippen molar-refractivity contribution in [2.45, 2.75) is 44.4 Å². The average molecular weight is 242 g/mol. The number of nitrogens with zero attached hydrogens (tertiary/aromatic N) is 2. The lowest BCUT2D eigenvalue weighted by Gasteiger charge is -2.29. The molecule has 2 atom stereocenters. The van der Waals surface area contributed by atoms with Gasteiger partial charge in [0.1, 0.15) is 6.04 Å². The Balaban J connectivity index is 2.08. The van der Waals surface area contributed by atoms with Gasteiger partial charge >= 0.3 is 12.0 Å². The van der Waals surface area contributed by atoms with Crippen molar-refractivity contribution in [1.29, 1.82) is 0 Å². The van der Waals surface area contributed by atoms with Gasteiger partial charge in [-0.3, -0.25) is 0 Å². The number of likely N-dealkylation sites (tertiary alicyclic amines) is 1. The van der Waals surface area contributed by atoms with Crippen LogP contribution in [0.4, 0.5) is 4.79 Å². The van der Waals surface area contributed by atoms with Crippen molar-refractivity contribution in [3.8, 4) is 0 Å². The summed E-state index contributed by atoms with van der Waals surface area (Å²) in [7, 11) is 0. The fraction of sp³-hybridized carbons (Fsp3) is 0.818. The molecule has 0 unspecified atom stereocenters. The molecular weight excluding hydrogens is 224 g/mol. The Morgan fingerprint density at radius 1 is 1.41 bits per heavy atom. The second-order valence-electron chi connectivity index (χ2n) is 4.70. The minimum Gasteiger partial charge on any atom is -0.480 e. The van der Waals surface area contributed by atoms with Crippen LogP contribution in [0.15, 0.2) is 0 Å². The van der Waals surface area contributed by atoms with Gasteiger partial charge in [-0.2, -0.15) is 0 Å². The molecule has 0 bridgehead atoms. The summed E-state index contributed by atoms with van der Waals surface area (Å²) < 4.78 is 0. The molecule has 6 nitrogen and oxygen atoms in total. The van der Waals surface area contributed by atoms with E-state index in [9.17, 15) is 14.7 Å². The first-order chi connectivity index (χ1) is 8.04. The molecule has 0 aromatic rings. The summed E-state index contributed by atoms with van der Waals surface area (Å²) in [5, 5.41) is 18.5. The molecule has 0 radical (unpaired) electrons. The van der Waals surface area contributed by atoms with E-state index in [1.807, 2.05) is 6.92 Å². The number of aliphatic hydroxyl groups excluding tert-OH is 1. The zero-order chi connectivity index (χ0) is 12.6. The second kappa shape index (κ2) is 4.52. The predicted octanol–water partition coefficient (Wildman–Crippen LogP) is 0.111. The third-order valence-electron chi connectivity index (χ3n) is 3.38. The Kier molecular flexibility index (Phi) is 3.24. The third kappa shape index (κ3) is 2.36. The Morgan fingerprint density at radius 2 is 2.06 bits per heavy atom. The number of hydrogen-bond acceptors (Lipinski definition) is 3. The van der Waals surface area contributed by atoms with Crippen molar-refractivity contribution < 1.29 is 19.8 Å². The number of carbonyl (C=O) groups excluding carboxylic acids is 1. The summed E-state index contributed by atoms with van der Waals surface area (Å²) in [4.78, 5) is 26.2. The number of urea groups is 1. The maximum atomic E-state index is 12.2. The fourth-order valence-corrected chi connectivity index (χ4v) is 2.36. The van der Waals surface area contributed by atoms with Gasteiger partial charge in [-0.15, -0.1) is 0 Å². The van der Waals surface area contributed by atoms with Crippen LogP contribution in [0.1, 0.15) is 26.2 Å². The number of aliphatic carboxylic acids is 1. The highest BCUT2D eigenvalue weighted by Crippen LogP contribution is 2.29. The van der Waals surface area contributed by atoms with Crippen LogP contribution in [0.5, 0.6) is 0 Å². The largest absolute Gasteiger partial charge is 0.480 e. The molecule has 1 saturated heterocycles. The van der Waals surface area contributed by atoms with Crippen molar-refractivity contribution in [3.05, 3.63) is 0 Å². The summed E-state index contributed by atoms with van der Waals surface area (Å²) in [6, 6.07) is -0.871. The molecule has 2 rings (SSSR count). The molecule has 96 valence electrons. The van der Waals surface area contributed by atoms with Crippen molar-refractivity contribution in [2.75, 3.05) is 13.1 Å². The predicted molar refractivity (Wildman–Crippen MR) is 59.6 cm³/mol. The highest BCUT2D eigenvalue weighted by molar-refractivity contribution is 5.83. The number of β-amino-alcohol motifs (C(OH)–C–C–N with tert-alkyl or cyclic N) is 1. The van der Waals surface area contributed by atoms with Gasteiger partial charge in [0.05, 0.1) is 6.10 Å². The van der Waals surface area contributed by atoms with E-state index in [2.05, 4.69) is 0 Å². The monoisotopic (exact) mass is 242 g/mol. The quantitative estimate of drug-likeness (QED) is 0.736.